The molecule has 0 radical (unpaired) electrons. The van der Waals surface area contributed by atoms with E-state index in [2.05, 4.69) is 22.3 Å². The molecule has 1 aliphatic rings. The highest BCUT2D eigenvalue weighted by Crippen LogP contribution is 2.38. The number of nitrogens with one attached hydrogen (secondary N) is 1. The Labute approximate surface area is 82.0 Å². The fourth-order valence-corrected chi connectivity index (χ4v) is 1.55. The minimum absolute atomic E-state index is 0.263. The summed E-state index contributed by atoms with van der Waals surface area (Å²) in [5.74, 6) is 0.935. The van der Waals surface area contributed by atoms with Gasteiger partial charge < -0.3 is 5.32 Å². The van der Waals surface area contributed by atoms with Crippen LogP contribution < -0.4 is 5.32 Å². The van der Waals surface area contributed by atoms with Crippen molar-refractivity contribution in [3.05, 3.63) is 24.7 Å². The molecule has 0 unspecified atom stereocenters. The number of aromatic nitrogens is 3. The second-order valence-corrected chi connectivity index (χ2v) is 4.12. The Bertz CT molecular complexity index is 470. The average molecular weight is 188 g/mol. The molecule has 2 aromatic heterocycles. The van der Waals surface area contributed by atoms with Gasteiger partial charge in [-0.3, -0.25) is 0 Å². The first-order valence-electron chi connectivity index (χ1n) is 4.83. The topological polar surface area (TPSA) is 42.2 Å². The van der Waals surface area contributed by atoms with E-state index in [1.54, 1.807) is 12.4 Å². The van der Waals surface area contributed by atoms with Crippen LogP contribution in [-0.4, -0.2) is 20.1 Å². The van der Waals surface area contributed by atoms with E-state index in [9.17, 15) is 0 Å². The second-order valence-electron chi connectivity index (χ2n) is 4.12. The van der Waals surface area contributed by atoms with Crippen molar-refractivity contribution in [3.8, 4) is 0 Å². The zero-order valence-electron chi connectivity index (χ0n) is 8.07. The predicted molar refractivity (Wildman–Crippen MR) is 54.2 cm³/mol. The van der Waals surface area contributed by atoms with E-state index in [-0.39, 0.29) is 5.54 Å². The molecule has 3 rings (SSSR count). The van der Waals surface area contributed by atoms with Gasteiger partial charge in [0.15, 0.2) is 5.82 Å². The highest BCUT2D eigenvalue weighted by atomic mass is 15.2. The molecule has 4 heteroatoms. The Morgan fingerprint density at radius 1 is 1.43 bits per heavy atom. The summed E-state index contributed by atoms with van der Waals surface area (Å²) in [6.45, 7) is 2.22. The van der Waals surface area contributed by atoms with E-state index in [4.69, 9.17) is 0 Å². The highest BCUT2D eigenvalue weighted by Gasteiger charge is 2.37. The van der Waals surface area contributed by atoms with Gasteiger partial charge in [-0.1, -0.05) is 0 Å². The number of fused-ring (bicyclic) bond motifs is 1. The Morgan fingerprint density at radius 2 is 2.29 bits per heavy atom. The van der Waals surface area contributed by atoms with Gasteiger partial charge in [0.05, 0.1) is 6.20 Å². The van der Waals surface area contributed by atoms with Crippen LogP contribution in [-0.2, 0) is 0 Å². The molecule has 4 nitrogen and oxygen atoms in total. The van der Waals surface area contributed by atoms with Crippen LogP contribution in [0.25, 0.3) is 5.52 Å². The molecule has 1 N–H and O–H groups in total. The lowest BCUT2D eigenvalue weighted by molar-refractivity contribution is 0.818. The number of anilines is 1. The van der Waals surface area contributed by atoms with Gasteiger partial charge >= 0.3 is 0 Å². The smallest absolute Gasteiger partial charge is 0.152 e. The Morgan fingerprint density at radius 3 is 3.07 bits per heavy atom. The lowest BCUT2D eigenvalue weighted by atomic mass is 10.3. The second kappa shape index (κ2) is 2.47. The average Bonchev–Trinajstić information content (AvgIpc) is 2.73. The summed E-state index contributed by atoms with van der Waals surface area (Å²) in [5, 5.41) is 7.62. The summed E-state index contributed by atoms with van der Waals surface area (Å²) >= 11 is 0. The molecule has 0 aromatic carbocycles. The first kappa shape index (κ1) is 7.79. The molecule has 0 spiro atoms. The number of hydrogen-bond donors (Lipinski definition) is 1. The van der Waals surface area contributed by atoms with Crippen LogP contribution in [0.1, 0.15) is 19.8 Å². The number of rotatable bonds is 2. The van der Waals surface area contributed by atoms with E-state index < -0.39 is 0 Å². The fourth-order valence-electron chi connectivity index (χ4n) is 1.55. The molecule has 0 aliphatic heterocycles. The molecule has 1 saturated carbocycles. The normalized spacial score (nSPS) is 18.4. The molecule has 0 saturated heterocycles. The molecule has 14 heavy (non-hydrogen) atoms. The predicted octanol–water partition coefficient (Wildman–Crippen LogP) is 1.69. The molecular weight excluding hydrogens is 176 g/mol. The summed E-state index contributed by atoms with van der Waals surface area (Å²) in [6.07, 6.45) is 7.87. The van der Waals surface area contributed by atoms with Crippen molar-refractivity contribution >= 4 is 11.3 Å². The van der Waals surface area contributed by atoms with Crippen molar-refractivity contribution in [1.29, 1.82) is 0 Å². The van der Waals surface area contributed by atoms with Crippen LogP contribution in [0.2, 0.25) is 0 Å². The lowest BCUT2D eigenvalue weighted by Crippen LogP contribution is -2.17. The van der Waals surface area contributed by atoms with E-state index >= 15 is 0 Å². The van der Waals surface area contributed by atoms with Crippen molar-refractivity contribution in [3.63, 3.8) is 0 Å². The minimum atomic E-state index is 0.263. The largest absolute Gasteiger partial charge is 0.363 e. The molecule has 2 aromatic rings. The van der Waals surface area contributed by atoms with Crippen LogP contribution in [0.3, 0.4) is 0 Å². The van der Waals surface area contributed by atoms with Gasteiger partial charge in [0.25, 0.3) is 0 Å². The van der Waals surface area contributed by atoms with Crippen LogP contribution in [0, 0.1) is 0 Å². The fraction of sp³-hybridized carbons (Fsp3) is 0.400. The monoisotopic (exact) mass is 188 g/mol. The maximum absolute atomic E-state index is 4.33. The molecule has 0 atom stereocenters. The zero-order chi connectivity index (χ0) is 9.60. The summed E-state index contributed by atoms with van der Waals surface area (Å²) in [7, 11) is 0. The lowest BCUT2D eigenvalue weighted by Gasteiger charge is -2.12. The highest BCUT2D eigenvalue weighted by molar-refractivity contribution is 5.68. The Balaban J connectivity index is 2.06. The summed E-state index contributed by atoms with van der Waals surface area (Å²) in [5.41, 5.74) is 1.31. The zero-order valence-corrected chi connectivity index (χ0v) is 8.07. The molecule has 0 amide bonds. The van der Waals surface area contributed by atoms with Crippen molar-refractivity contribution in [1.82, 2.24) is 14.6 Å². The van der Waals surface area contributed by atoms with Gasteiger partial charge in [0.2, 0.25) is 0 Å². The van der Waals surface area contributed by atoms with Crippen molar-refractivity contribution in [2.45, 2.75) is 25.3 Å². The maximum atomic E-state index is 4.33. The molecule has 2 heterocycles. The van der Waals surface area contributed by atoms with Gasteiger partial charge in [-0.25, -0.2) is 9.50 Å². The molecular formula is C10H12N4. The maximum Gasteiger partial charge on any atom is 0.152 e. The quantitative estimate of drug-likeness (QED) is 0.779. The molecule has 0 bridgehead atoms. The molecule has 1 aliphatic carbocycles. The third kappa shape index (κ3) is 1.14. The van der Waals surface area contributed by atoms with Crippen molar-refractivity contribution in [2.75, 3.05) is 5.32 Å². The summed E-state index contributed by atoms with van der Waals surface area (Å²) in [4.78, 5) is 4.33. The Kier molecular flexibility index (Phi) is 1.37. The van der Waals surface area contributed by atoms with Gasteiger partial charge in [-0.05, 0) is 25.8 Å². The number of hydrogen-bond acceptors (Lipinski definition) is 3. The van der Waals surface area contributed by atoms with E-state index in [1.807, 2.05) is 16.8 Å². The van der Waals surface area contributed by atoms with E-state index in [0.717, 1.165) is 11.3 Å². The number of nitrogens with zero attached hydrogens (tertiary/aromatic N) is 3. The standard InChI is InChI=1S/C10H12N4/c1-10(3-4-10)13-9-8-2-5-12-14(8)7-6-11-9/h2,5-7H,3-4H2,1H3,(H,11,13). The van der Waals surface area contributed by atoms with Crippen LogP contribution in [0.4, 0.5) is 5.82 Å². The van der Waals surface area contributed by atoms with E-state index in [0.29, 0.717) is 0 Å². The third-order valence-corrected chi connectivity index (χ3v) is 2.74. The van der Waals surface area contributed by atoms with E-state index in [1.165, 1.54) is 12.8 Å². The van der Waals surface area contributed by atoms with Crippen LogP contribution in [0.5, 0.6) is 0 Å². The van der Waals surface area contributed by atoms with Crippen molar-refractivity contribution in [2.24, 2.45) is 0 Å². The Hall–Kier alpha value is -1.58. The summed E-state index contributed by atoms with van der Waals surface area (Å²) < 4.78 is 1.83. The van der Waals surface area contributed by atoms with Gasteiger partial charge in [-0.2, -0.15) is 5.10 Å². The first-order chi connectivity index (χ1) is 6.77. The van der Waals surface area contributed by atoms with Crippen molar-refractivity contribution < 1.29 is 0 Å². The third-order valence-electron chi connectivity index (χ3n) is 2.74. The molecule has 1 fully saturated rings. The van der Waals surface area contributed by atoms with Gasteiger partial charge in [-0.15, -0.1) is 0 Å². The van der Waals surface area contributed by atoms with Crippen LogP contribution in [0.15, 0.2) is 24.7 Å². The van der Waals surface area contributed by atoms with Gasteiger partial charge in [0, 0.05) is 17.9 Å². The molecule has 72 valence electrons. The van der Waals surface area contributed by atoms with Crippen LogP contribution >= 0.6 is 0 Å². The summed E-state index contributed by atoms with van der Waals surface area (Å²) in [6, 6.07) is 1.97. The van der Waals surface area contributed by atoms with Gasteiger partial charge in [0.1, 0.15) is 5.52 Å². The first-order valence-corrected chi connectivity index (χ1v) is 4.83. The minimum Gasteiger partial charge on any atom is -0.363 e. The SMILES string of the molecule is CC1(Nc2nccn3nccc23)CC1.